The summed E-state index contributed by atoms with van der Waals surface area (Å²) in [5, 5.41) is 8.72. The fraction of sp³-hybridized carbons (Fsp3) is 0. The first-order valence-electron chi connectivity index (χ1n) is 20.9. The highest BCUT2D eigenvalue weighted by Crippen LogP contribution is 2.46. The highest BCUT2D eigenvalue weighted by Gasteiger charge is 2.19. The molecule has 11 aromatic rings. The van der Waals surface area contributed by atoms with Gasteiger partial charge in [-0.05, 0) is 112 Å². The molecule has 0 spiro atoms. The van der Waals surface area contributed by atoms with Crippen molar-refractivity contribution in [1.29, 1.82) is 0 Å². The lowest BCUT2D eigenvalue weighted by Crippen LogP contribution is -1.91. The van der Waals surface area contributed by atoms with Crippen molar-refractivity contribution in [3.8, 4) is 33.4 Å². The first-order chi connectivity index (χ1) is 28.6. The number of hydrogen-bond donors (Lipinski definition) is 0. The molecule has 0 unspecified atom stereocenters. The molecule has 0 bridgehead atoms. The van der Waals surface area contributed by atoms with E-state index in [1.165, 1.54) is 0 Å². The van der Waals surface area contributed by atoms with E-state index in [-0.39, 0.29) is 45.7 Å². The lowest BCUT2D eigenvalue weighted by molar-refractivity contribution is 0.672. The van der Waals surface area contributed by atoms with Gasteiger partial charge in [0.25, 0.3) is 0 Å². The second-order valence-electron chi connectivity index (χ2n) is 13.0. The molecule has 0 aliphatic carbocycles. The third-order valence-electron chi connectivity index (χ3n) is 10.3. The average molecular weight is 655 g/mol. The Morgan fingerprint density at radius 1 is 0.333 bits per heavy atom. The van der Waals surface area contributed by atoms with E-state index in [0.29, 0.717) is 33.4 Å². The van der Waals surface area contributed by atoms with Crippen molar-refractivity contribution in [2.75, 3.05) is 0 Å². The summed E-state index contributed by atoms with van der Waals surface area (Å²) >= 11 is 0. The number of rotatable bonds is 3. The van der Waals surface area contributed by atoms with Crippen LogP contribution in [-0.2, 0) is 0 Å². The minimum atomic E-state index is -0.437. The molecule has 1 nitrogen and oxygen atoms in total. The van der Waals surface area contributed by atoms with Gasteiger partial charge in [0.05, 0.1) is 11.0 Å². The molecule has 0 radical (unpaired) electrons. The predicted octanol–water partition coefficient (Wildman–Crippen LogP) is 14.4. The molecule has 1 heterocycles. The highest BCUT2D eigenvalue weighted by molar-refractivity contribution is 6.23. The summed E-state index contributed by atoms with van der Waals surface area (Å²) in [5.41, 5.74) is 4.80. The number of hydrogen-bond acceptors (Lipinski definition) is 1. The Morgan fingerprint density at radius 3 is 1.57 bits per heavy atom. The molecular weight excluding hydrogens is 617 g/mol. The third-order valence-corrected chi connectivity index (χ3v) is 10.3. The lowest BCUT2D eigenvalue weighted by Gasteiger charge is -2.18. The van der Waals surface area contributed by atoms with Crippen LogP contribution in [0.15, 0.2) is 186 Å². The van der Waals surface area contributed by atoms with Crippen LogP contribution in [0.2, 0.25) is 0 Å². The van der Waals surface area contributed by atoms with Crippen molar-refractivity contribution in [3.63, 3.8) is 0 Å². The zero-order chi connectivity index (χ0) is 40.4. The topological polar surface area (TPSA) is 13.1 Å². The fourth-order valence-electron chi connectivity index (χ4n) is 7.90. The van der Waals surface area contributed by atoms with Gasteiger partial charge in [-0.25, -0.2) is 0 Å². The Labute approximate surface area is 305 Å². The summed E-state index contributed by atoms with van der Waals surface area (Å²) < 4.78 is 79.7. The predicted molar refractivity (Wildman–Crippen MR) is 218 cm³/mol. The van der Waals surface area contributed by atoms with Gasteiger partial charge in [-0.3, -0.25) is 0 Å². The van der Waals surface area contributed by atoms with E-state index in [1.54, 1.807) is 6.07 Å². The Kier molecular flexibility index (Phi) is 4.57. The largest absolute Gasteiger partial charge is 0.455 e. The average Bonchev–Trinajstić information content (AvgIpc) is 3.66. The Bertz CT molecular complexity index is 3580. The van der Waals surface area contributed by atoms with E-state index in [0.717, 1.165) is 54.2 Å². The first-order valence-corrected chi connectivity index (χ1v) is 16.9. The number of furan rings is 1. The van der Waals surface area contributed by atoms with Crippen LogP contribution in [0.1, 0.15) is 11.0 Å². The van der Waals surface area contributed by atoms with E-state index < -0.39 is 24.2 Å². The molecule has 0 aliphatic heterocycles. The molecule has 0 N–H and O–H groups in total. The van der Waals surface area contributed by atoms with Crippen LogP contribution < -0.4 is 0 Å². The van der Waals surface area contributed by atoms with Gasteiger partial charge in [0.1, 0.15) is 11.2 Å². The normalized spacial score (nSPS) is 14.1. The molecule has 0 fully saturated rings. The third kappa shape index (κ3) is 4.28. The zero-order valence-corrected chi connectivity index (χ0v) is 27.1. The van der Waals surface area contributed by atoms with E-state index in [4.69, 9.17) is 9.90 Å². The standard InChI is InChI=1S/C50H30O/c1-3-14-38-31(10-1)20-21-33-22-23-35(29-45(33)38)34-12-9-13-36(28-34)48-40-16-5-7-18-42(40)49(43-19-8-6-17-41(43)48)37-25-27-47-46(30-37)44-26-24-32-11-2-4-15-39(32)50(44)51-47/h1-30H/i5D,6D,7D,8D,16D,17D,18D,19D. The van der Waals surface area contributed by atoms with Crippen molar-refractivity contribution in [3.05, 3.63) is 182 Å². The van der Waals surface area contributed by atoms with Gasteiger partial charge in [-0.2, -0.15) is 0 Å². The number of fused-ring (bicyclic) bond motifs is 10. The van der Waals surface area contributed by atoms with Crippen LogP contribution in [0.25, 0.3) is 109 Å². The summed E-state index contributed by atoms with van der Waals surface area (Å²) in [6.45, 7) is 0. The van der Waals surface area contributed by atoms with Gasteiger partial charge < -0.3 is 4.42 Å². The van der Waals surface area contributed by atoms with Gasteiger partial charge in [0, 0.05) is 16.2 Å². The Morgan fingerprint density at radius 2 is 0.843 bits per heavy atom. The van der Waals surface area contributed by atoms with Crippen LogP contribution in [0.5, 0.6) is 0 Å². The Balaban J connectivity index is 1.25. The maximum absolute atomic E-state index is 9.45. The molecule has 236 valence electrons. The summed E-state index contributed by atoms with van der Waals surface area (Å²) in [6.07, 6.45) is 0. The van der Waals surface area contributed by atoms with Gasteiger partial charge in [0.15, 0.2) is 0 Å². The SMILES string of the molecule is [2H]c1c([2H])c([2H])c2c(-c3ccc4oc5c6ccccc6ccc5c4c3)c3c([2H])c([2H])c([2H])c([2H])c3c(-c3cccc(-c4ccc5ccc6ccccc6c5c4)c3)c2c1[2H]. The fourth-order valence-corrected chi connectivity index (χ4v) is 7.90. The van der Waals surface area contributed by atoms with E-state index >= 15 is 0 Å². The second kappa shape index (κ2) is 10.9. The van der Waals surface area contributed by atoms with Crippen LogP contribution in [0, 0.1) is 0 Å². The number of benzene rings is 10. The van der Waals surface area contributed by atoms with Gasteiger partial charge >= 0.3 is 0 Å². The van der Waals surface area contributed by atoms with Crippen molar-refractivity contribution in [1.82, 2.24) is 0 Å². The van der Waals surface area contributed by atoms with Gasteiger partial charge in [-0.1, -0.05) is 151 Å². The molecule has 10 aromatic carbocycles. The monoisotopic (exact) mass is 654 g/mol. The molecule has 1 heteroatoms. The molecule has 0 aliphatic rings. The quantitative estimate of drug-likeness (QED) is 0.136. The van der Waals surface area contributed by atoms with E-state index in [1.807, 2.05) is 91.0 Å². The van der Waals surface area contributed by atoms with Crippen molar-refractivity contribution in [2.24, 2.45) is 0 Å². The molecule has 11 rings (SSSR count). The lowest BCUT2D eigenvalue weighted by atomic mass is 9.85. The summed E-state index contributed by atoms with van der Waals surface area (Å²) in [7, 11) is 0. The summed E-state index contributed by atoms with van der Waals surface area (Å²) in [4.78, 5) is 0. The molecule has 0 saturated carbocycles. The minimum Gasteiger partial charge on any atom is -0.455 e. The van der Waals surface area contributed by atoms with Crippen molar-refractivity contribution < 1.29 is 15.4 Å². The molecule has 0 amide bonds. The highest BCUT2D eigenvalue weighted by atomic mass is 16.3. The summed E-state index contributed by atoms with van der Waals surface area (Å²) in [5.74, 6) is 0. The molecule has 51 heavy (non-hydrogen) atoms. The van der Waals surface area contributed by atoms with Crippen LogP contribution in [0.3, 0.4) is 0 Å². The van der Waals surface area contributed by atoms with Crippen LogP contribution in [-0.4, -0.2) is 0 Å². The smallest absolute Gasteiger partial charge is 0.143 e. The minimum absolute atomic E-state index is 0.170. The van der Waals surface area contributed by atoms with Gasteiger partial charge in [0.2, 0.25) is 0 Å². The first kappa shape index (κ1) is 21.4. The van der Waals surface area contributed by atoms with E-state index in [2.05, 4.69) is 36.4 Å². The van der Waals surface area contributed by atoms with Gasteiger partial charge in [-0.15, -0.1) is 0 Å². The summed E-state index contributed by atoms with van der Waals surface area (Å²) in [6, 6.07) is 40.9. The Hall–Kier alpha value is -6.70. The maximum Gasteiger partial charge on any atom is 0.143 e. The zero-order valence-electron chi connectivity index (χ0n) is 35.1. The molecule has 0 atom stereocenters. The van der Waals surface area contributed by atoms with Crippen molar-refractivity contribution in [2.45, 2.75) is 0 Å². The van der Waals surface area contributed by atoms with Crippen LogP contribution in [0.4, 0.5) is 0 Å². The molecule has 1 aromatic heterocycles. The van der Waals surface area contributed by atoms with Crippen LogP contribution >= 0.6 is 0 Å². The van der Waals surface area contributed by atoms with Crippen molar-refractivity contribution >= 4 is 75.8 Å². The van der Waals surface area contributed by atoms with E-state index in [9.17, 15) is 5.48 Å². The second-order valence-corrected chi connectivity index (χ2v) is 13.0. The maximum atomic E-state index is 9.45. The molecule has 0 saturated heterocycles. The molecular formula is C50H30O.